The lowest BCUT2D eigenvalue weighted by Gasteiger charge is -2.12. The molecule has 0 bridgehead atoms. The van der Waals surface area contributed by atoms with Gasteiger partial charge in [-0.2, -0.15) is 0 Å². The summed E-state index contributed by atoms with van der Waals surface area (Å²) >= 11 is 0. The van der Waals surface area contributed by atoms with Crippen LogP contribution in [-0.2, 0) is 0 Å². The number of guanidine groups is 1. The van der Waals surface area contributed by atoms with Crippen LogP contribution in [0.3, 0.4) is 0 Å². The second-order valence-corrected chi connectivity index (χ2v) is 4.20. The van der Waals surface area contributed by atoms with Gasteiger partial charge in [0.1, 0.15) is 12.4 Å². The Bertz CT molecular complexity index is 438. The first kappa shape index (κ1) is 16.2. The monoisotopic (exact) mass is 285 g/mol. The Morgan fingerprint density at radius 2 is 1.95 bits per heavy atom. The first-order valence-electron chi connectivity index (χ1n) is 6.69. The molecule has 0 aliphatic rings. The number of rotatable bonds is 7. The van der Waals surface area contributed by atoms with E-state index in [0.29, 0.717) is 24.9 Å². The van der Waals surface area contributed by atoms with Crippen molar-refractivity contribution < 1.29 is 13.5 Å². The van der Waals surface area contributed by atoms with Gasteiger partial charge in [0, 0.05) is 19.7 Å². The Kier molecular flexibility index (Phi) is 7.39. The Morgan fingerprint density at radius 3 is 2.60 bits per heavy atom. The van der Waals surface area contributed by atoms with Crippen molar-refractivity contribution in [3.05, 3.63) is 29.8 Å². The van der Waals surface area contributed by atoms with Crippen LogP contribution in [0.4, 0.5) is 8.78 Å². The molecule has 0 heterocycles. The van der Waals surface area contributed by atoms with Crippen molar-refractivity contribution in [2.45, 2.75) is 19.8 Å². The highest BCUT2D eigenvalue weighted by molar-refractivity contribution is 5.79. The highest BCUT2D eigenvalue weighted by Gasteiger charge is 2.03. The number of ether oxygens (including phenoxy) is 1. The Hall–Kier alpha value is -1.85. The maximum absolute atomic E-state index is 12.9. The second-order valence-electron chi connectivity index (χ2n) is 4.20. The van der Waals surface area contributed by atoms with Gasteiger partial charge >= 0.3 is 0 Å². The second kappa shape index (κ2) is 9.12. The average Bonchev–Trinajstić information content (AvgIpc) is 2.45. The third kappa shape index (κ3) is 5.86. The molecule has 1 aromatic carbocycles. The van der Waals surface area contributed by atoms with Gasteiger partial charge in [-0.05, 0) is 18.6 Å². The number of hydrogen-bond acceptors (Lipinski definition) is 2. The van der Waals surface area contributed by atoms with E-state index in [9.17, 15) is 8.78 Å². The van der Waals surface area contributed by atoms with E-state index in [4.69, 9.17) is 4.74 Å². The smallest absolute Gasteiger partial charge is 0.191 e. The molecule has 0 saturated carbocycles. The molecule has 112 valence electrons. The highest BCUT2D eigenvalue weighted by atomic mass is 19.2. The van der Waals surface area contributed by atoms with Crippen LogP contribution in [0.1, 0.15) is 19.8 Å². The zero-order chi connectivity index (χ0) is 14.8. The molecule has 0 amide bonds. The quantitative estimate of drug-likeness (QED) is 0.459. The normalized spacial score (nSPS) is 11.3. The lowest BCUT2D eigenvalue weighted by Crippen LogP contribution is -2.39. The molecular formula is C14H21F2N3O. The summed E-state index contributed by atoms with van der Waals surface area (Å²) in [7, 11) is 1.69. The predicted molar refractivity (Wildman–Crippen MR) is 76.1 cm³/mol. The topological polar surface area (TPSA) is 45.7 Å². The summed E-state index contributed by atoms with van der Waals surface area (Å²) in [6, 6.07) is 3.47. The van der Waals surface area contributed by atoms with E-state index in [1.807, 2.05) is 0 Å². The zero-order valence-electron chi connectivity index (χ0n) is 11.9. The molecule has 0 radical (unpaired) electrons. The van der Waals surface area contributed by atoms with Crippen LogP contribution >= 0.6 is 0 Å². The zero-order valence-corrected chi connectivity index (χ0v) is 11.9. The van der Waals surface area contributed by atoms with Crippen molar-refractivity contribution >= 4 is 5.96 Å². The molecule has 0 spiro atoms. The maximum atomic E-state index is 12.9. The summed E-state index contributed by atoms with van der Waals surface area (Å²) in [5.74, 6) is -0.782. The molecular weight excluding hydrogens is 264 g/mol. The number of aliphatic imine (C=N–C) groups is 1. The minimum absolute atomic E-state index is 0.305. The van der Waals surface area contributed by atoms with Crippen LogP contribution in [0, 0.1) is 11.6 Å². The summed E-state index contributed by atoms with van der Waals surface area (Å²) in [5, 5.41) is 6.23. The number of nitrogens with one attached hydrogen (secondary N) is 2. The van der Waals surface area contributed by atoms with Gasteiger partial charge in [0.15, 0.2) is 17.6 Å². The lowest BCUT2D eigenvalue weighted by atomic mass is 10.3. The number of halogens is 2. The van der Waals surface area contributed by atoms with Crippen molar-refractivity contribution in [3.8, 4) is 5.75 Å². The van der Waals surface area contributed by atoms with Crippen LogP contribution in [0.2, 0.25) is 0 Å². The molecule has 4 nitrogen and oxygen atoms in total. The molecule has 0 aliphatic carbocycles. The van der Waals surface area contributed by atoms with Gasteiger partial charge in [0.25, 0.3) is 0 Å². The molecule has 0 atom stereocenters. The van der Waals surface area contributed by atoms with E-state index in [1.165, 1.54) is 6.07 Å². The van der Waals surface area contributed by atoms with Crippen LogP contribution in [0.25, 0.3) is 0 Å². The van der Waals surface area contributed by atoms with Gasteiger partial charge in [-0.3, -0.25) is 4.99 Å². The van der Waals surface area contributed by atoms with Gasteiger partial charge < -0.3 is 15.4 Å². The first-order chi connectivity index (χ1) is 9.67. The third-order valence-electron chi connectivity index (χ3n) is 2.60. The third-order valence-corrected chi connectivity index (χ3v) is 2.60. The summed E-state index contributed by atoms with van der Waals surface area (Å²) < 4.78 is 31.0. The number of nitrogens with zero attached hydrogens (tertiary/aromatic N) is 1. The number of hydrogen-bond donors (Lipinski definition) is 2. The summed E-state index contributed by atoms with van der Waals surface area (Å²) in [6.07, 6.45) is 2.19. The van der Waals surface area contributed by atoms with Crippen LogP contribution in [-0.4, -0.2) is 32.7 Å². The van der Waals surface area contributed by atoms with Gasteiger partial charge in [0.2, 0.25) is 0 Å². The van der Waals surface area contributed by atoms with Gasteiger partial charge in [-0.15, -0.1) is 0 Å². The van der Waals surface area contributed by atoms with E-state index in [2.05, 4.69) is 22.5 Å². The number of unbranched alkanes of at least 4 members (excludes halogenated alkanes) is 1. The van der Waals surface area contributed by atoms with Crippen molar-refractivity contribution in [1.29, 1.82) is 0 Å². The van der Waals surface area contributed by atoms with Crippen molar-refractivity contribution in [3.63, 3.8) is 0 Å². The maximum Gasteiger partial charge on any atom is 0.191 e. The van der Waals surface area contributed by atoms with Crippen LogP contribution < -0.4 is 15.4 Å². The molecule has 0 unspecified atom stereocenters. The fourth-order valence-electron chi connectivity index (χ4n) is 1.51. The van der Waals surface area contributed by atoms with E-state index < -0.39 is 11.6 Å². The Balaban J connectivity index is 2.24. The fourth-order valence-corrected chi connectivity index (χ4v) is 1.51. The highest BCUT2D eigenvalue weighted by Crippen LogP contribution is 2.14. The molecule has 0 aliphatic heterocycles. The Labute approximate surface area is 118 Å². The Morgan fingerprint density at radius 1 is 1.20 bits per heavy atom. The van der Waals surface area contributed by atoms with E-state index in [0.717, 1.165) is 31.5 Å². The SMILES string of the molecule is CCCCNC(=NC)NCCOc1ccc(F)c(F)c1. The summed E-state index contributed by atoms with van der Waals surface area (Å²) in [4.78, 5) is 4.06. The molecule has 0 saturated heterocycles. The van der Waals surface area contributed by atoms with Gasteiger partial charge in [-0.1, -0.05) is 13.3 Å². The number of benzene rings is 1. The van der Waals surface area contributed by atoms with E-state index in [-0.39, 0.29) is 0 Å². The van der Waals surface area contributed by atoms with Crippen molar-refractivity contribution in [1.82, 2.24) is 10.6 Å². The van der Waals surface area contributed by atoms with Crippen molar-refractivity contribution in [2.24, 2.45) is 4.99 Å². The molecule has 1 rings (SSSR count). The van der Waals surface area contributed by atoms with Crippen LogP contribution in [0.5, 0.6) is 5.75 Å². The molecule has 0 aromatic heterocycles. The summed E-state index contributed by atoms with van der Waals surface area (Å²) in [5.41, 5.74) is 0. The van der Waals surface area contributed by atoms with E-state index in [1.54, 1.807) is 7.05 Å². The average molecular weight is 285 g/mol. The first-order valence-corrected chi connectivity index (χ1v) is 6.69. The lowest BCUT2D eigenvalue weighted by molar-refractivity contribution is 0.318. The molecule has 0 fully saturated rings. The standard InChI is InChI=1S/C14H21F2N3O/c1-3-4-7-18-14(17-2)19-8-9-20-11-5-6-12(15)13(16)10-11/h5-6,10H,3-4,7-9H2,1-2H3,(H2,17,18,19). The molecule has 1 aromatic rings. The van der Waals surface area contributed by atoms with Crippen LogP contribution in [0.15, 0.2) is 23.2 Å². The summed E-state index contributed by atoms with van der Waals surface area (Å²) in [6.45, 7) is 3.83. The van der Waals surface area contributed by atoms with Crippen molar-refractivity contribution in [2.75, 3.05) is 26.7 Å². The van der Waals surface area contributed by atoms with E-state index >= 15 is 0 Å². The molecule has 20 heavy (non-hydrogen) atoms. The largest absolute Gasteiger partial charge is 0.492 e. The molecule has 6 heteroatoms. The minimum atomic E-state index is -0.910. The van der Waals surface area contributed by atoms with Gasteiger partial charge in [0.05, 0.1) is 6.54 Å². The minimum Gasteiger partial charge on any atom is -0.492 e. The predicted octanol–water partition coefficient (Wildman–Crippen LogP) is 2.31. The molecule has 2 N–H and O–H groups in total. The fraction of sp³-hybridized carbons (Fsp3) is 0.500. The van der Waals surface area contributed by atoms with Gasteiger partial charge in [-0.25, -0.2) is 8.78 Å².